The van der Waals surface area contributed by atoms with Gasteiger partial charge in [-0.05, 0) is 50.3 Å². The lowest BCUT2D eigenvalue weighted by atomic mass is 9.89. The minimum atomic E-state index is 0.467. The predicted molar refractivity (Wildman–Crippen MR) is 104 cm³/mol. The second kappa shape index (κ2) is 9.09. The molecular weight excluding hydrogens is 312 g/mol. The van der Waals surface area contributed by atoms with Gasteiger partial charge >= 0.3 is 0 Å². The summed E-state index contributed by atoms with van der Waals surface area (Å²) in [7, 11) is 1.66. The normalized spacial score (nSPS) is 22.9. The Morgan fingerprint density at radius 2 is 2.00 bits per heavy atom. The van der Waals surface area contributed by atoms with Crippen molar-refractivity contribution in [2.45, 2.75) is 51.0 Å². The first kappa shape index (κ1) is 18.1. The standard InChI is InChI=1S/C20H32N4O/c1-25-19-12-6-5-11-18(19)23-20(21)22-14-17-10-7-13-24(17)15-16-8-3-2-4-9-16/h5-6,11-12,16-17H,2-4,7-10,13-15H2,1H3,(H3,21,22,23). The van der Waals surface area contributed by atoms with E-state index < -0.39 is 0 Å². The van der Waals surface area contributed by atoms with E-state index in [4.69, 9.17) is 10.5 Å². The second-order valence-corrected chi connectivity index (χ2v) is 7.35. The van der Waals surface area contributed by atoms with Crippen LogP contribution in [0.5, 0.6) is 5.75 Å². The van der Waals surface area contributed by atoms with Crippen molar-refractivity contribution in [3.8, 4) is 5.75 Å². The summed E-state index contributed by atoms with van der Waals surface area (Å²) in [6.07, 6.45) is 9.59. The largest absolute Gasteiger partial charge is 0.495 e. The molecule has 0 bridgehead atoms. The molecule has 1 aromatic rings. The molecule has 3 N–H and O–H groups in total. The Kier molecular flexibility index (Phi) is 6.56. The van der Waals surface area contributed by atoms with Gasteiger partial charge in [0, 0.05) is 12.6 Å². The number of guanidine groups is 1. The van der Waals surface area contributed by atoms with E-state index in [9.17, 15) is 0 Å². The molecule has 0 spiro atoms. The van der Waals surface area contributed by atoms with Crippen molar-refractivity contribution in [3.63, 3.8) is 0 Å². The zero-order valence-corrected chi connectivity index (χ0v) is 15.4. The van der Waals surface area contributed by atoms with Crippen molar-refractivity contribution >= 4 is 11.6 Å². The van der Waals surface area contributed by atoms with Gasteiger partial charge in [0.1, 0.15) is 5.75 Å². The fourth-order valence-electron chi connectivity index (χ4n) is 4.17. The number of hydrogen-bond donors (Lipinski definition) is 2. The van der Waals surface area contributed by atoms with Crippen molar-refractivity contribution in [1.82, 2.24) is 4.90 Å². The Morgan fingerprint density at radius 3 is 2.80 bits per heavy atom. The number of methoxy groups -OCH3 is 1. The Balaban J connectivity index is 1.52. The molecule has 0 radical (unpaired) electrons. The number of nitrogens with zero attached hydrogens (tertiary/aromatic N) is 2. The summed E-state index contributed by atoms with van der Waals surface area (Å²) in [5, 5.41) is 3.17. The van der Waals surface area contributed by atoms with E-state index in [1.54, 1.807) is 7.11 Å². The molecule has 0 aromatic heterocycles. The Labute approximate surface area is 151 Å². The summed E-state index contributed by atoms with van der Waals surface area (Å²) in [5.41, 5.74) is 6.96. The van der Waals surface area contributed by atoms with Crippen molar-refractivity contribution in [3.05, 3.63) is 24.3 Å². The van der Waals surface area contributed by atoms with E-state index in [2.05, 4.69) is 15.2 Å². The second-order valence-electron chi connectivity index (χ2n) is 7.35. The quantitative estimate of drug-likeness (QED) is 0.613. The van der Waals surface area contributed by atoms with Gasteiger partial charge in [-0.15, -0.1) is 0 Å². The summed E-state index contributed by atoms with van der Waals surface area (Å²) in [5.74, 6) is 2.14. The average molecular weight is 345 g/mol. The highest BCUT2D eigenvalue weighted by Gasteiger charge is 2.27. The molecule has 1 aliphatic carbocycles. The van der Waals surface area contributed by atoms with Crippen molar-refractivity contribution in [2.24, 2.45) is 16.6 Å². The first-order chi connectivity index (χ1) is 12.3. The van der Waals surface area contributed by atoms with Gasteiger partial charge in [-0.2, -0.15) is 0 Å². The molecule has 25 heavy (non-hydrogen) atoms. The molecule has 5 nitrogen and oxygen atoms in total. The molecule has 1 atom stereocenters. The van der Waals surface area contributed by atoms with Crippen LogP contribution in [-0.4, -0.2) is 43.6 Å². The molecule has 1 aliphatic heterocycles. The van der Waals surface area contributed by atoms with E-state index >= 15 is 0 Å². The maximum Gasteiger partial charge on any atom is 0.193 e. The molecule has 5 heteroatoms. The van der Waals surface area contributed by atoms with Gasteiger partial charge < -0.3 is 15.8 Å². The number of para-hydroxylation sites is 2. The topological polar surface area (TPSA) is 62.9 Å². The minimum Gasteiger partial charge on any atom is -0.495 e. The fourth-order valence-corrected chi connectivity index (χ4v) is 4.17. The summed E-state index contributed by atoms with van der Waals surface area (Å²) in [6, 6.07) is 8.31. The van der Waals surface area contributed by atoms with Crippen LogP contribution in [-0.2, 0) is 0 Å². The number of likely N-dealkylation sites (tertiary alicyclic amines) is 1. The van der Waals surface area contributed by atoms with Crippen LogP contribution >= 0.6 is 0 Å². The van der Waals surface area contributed by atoms with E-state index in [-0.39, 0.29) is 0 Å². The smallest absolute Gasteiger partial charge is 0.193 e. The lowest BCUT2D eigenvalue weighted by Crippen LogP contribution is -2.37. The zero-order chi connectivity index (χ0) is 17.5. The third-order valence-electron chi connectivity index (χ3n) is 5.56. The van der Waals surface area contributed by atoms with Gasteiger partial charge in [0.05, 0.1) is 19.3 Å². The molecule has 1 aromatic carbocycles. The first-order valence-corrected chi connectivity index (χ1v) is 9.70. The van der Waals surface area contributed by atoms with Crippen LogP contribution in [0.25, 0.3) is 0 Å². The van der Waals surface area contributed by atoms with Crippen LogP contribution in [0, 0.1) is 5.92 Å². The van der Waals surface area contributed by atoms with Crippen LogP contribution in [0.3, 0.4) is 0 Å². The molecule has 3 rings (SSSR count). The van der Waals surface area contributed by atoms with Gasteiger partial charge in [0.25, 0.3) is 0 Å². The van der Waals surface area contributed by atoms with E-state index in [1.165, 1.54) is 58.0 Å². The molecule has 0 amide bonds. The zero-order valence-electron chi connectivity index (χ0n) is 15.4. The van der Waals surface area contributed by atoms with Crippen LogP contribution in [0.1, 0.15) is 44.9 Å². The molecule has 1 saturated heterocycles. The molecule has 1 heterocycles. The van der Waals surface area contributed by atoms with Crippen molar-refractivity contribution < 1.29 is 4.74 Å². The summed E-state index contributed by atoms with van der Waals surface area (Å²) in [6.45, 7) is 3.25. The summed E-state index contributed by atoms with van der Waals surface area (Å²) >= 11 is 0. The number of anilines is 1. The number of benzene rings is 1. The van der Waals surface area contributed by atoms with Crippen molar-refractivity contribution in [2.75, 3.05) is 32.1 Å². The third-order valence-corrected chi connectivity index (χ3v) is 5.56. The SMILES string of the molecule is COc1ccccc1NC(N)=NCC1CCCN1CC1CCCCC1. The summed E-state index contributed by atoms with van der Waals surface area (Å²) < 4.78 is 5.34. The fraction of sp³-hybridized carbons (Fsp3) is 0.650. The lowest BCUT2D eigenvalue weighted by molar-refractivity contribution is 0.191. The van der Waals surface area contributed by atoms with Crippen LogP contribution in [0.15, 0.2) is 29.3 Å². The third kappa shape index (κ3) is 5.11. The molecule has 2 fully saturated rings. The van der Waals surface area contributed by atoms with Crippen LogP contribution < -0.4 is 15.8 Å². The highest BCUT2D eigenvalue weighted by atomic mass is 16.5. The molecular formula is C20H32N4O. The van der Waals surface area contributed by atoms with E-state index in [0.717, 1.165) is 23.9 Å². The number of ether oxygens (including phenoxy) is 1. The van der Waals surface area contributed by atoms with Crippen molar-refractivity contribution in [1.29, 1.82) is 0 Å². The van der Waals surface area contributed by atoms with E-state index in [0.29, 0.717) is 12.0 Å². The highest BCUT2D eigenvalue weighted by molar-refractivity contribution is 5.93. The summed E-state index contributed by atoms with van der Waals surface area (Å²) in [4.78, 5) is 7.25. The number of aliphatic imine (C=N–C) groups is 1. The monoisotopic (exact) mass is 344 g/mol. The number of hydrogen-bond acceptors (Lipinski definition) is 3. The maximum atomic E-state index is 6.10. The van der Waals surface area contributed by atoms with Crippen LogP contribution in [0.4, 0.5) is 5.69 Å². The Bertz CT molecular complexity index is 569. The number of nitrogens with two attached hydrogens (primary N) is 1. The van der Waals surface area contributed by atoms with Gasteiger partial charge in [0.15, 0.2) is 5.96 Å². The average Bonchev–Trinajstić information content (AvgIpc) is 3.08. The first-order valence-electron chi connectivity index (χ1n) is 9.70. The molecule has 2 aliphatic rings. The van der Waals surface area contributed by atoms with Gasteiger partial charge in [-0.3, -0.25) is 9.89 Å². The van der Waals surface area contributed by atoms with Gasteiger partial charge in [0.2, 0.25) is 0 Å². The Hall–Kier alpha value is -1.75. The van der Waals surface area contributed by atoms with E-state index in [1.807, 2.05) is 24.3 Å². The van der Waals surface area contributed by atoms with Gasteiger partial charge in [-0.25, -0.2) is 0 Å². The highest BCUT2D eigenvalue weighted by Crippen LogP contribution is 2.28. The molecule has 1 unspecified atom stereocenters. The lowest BCUT2D eigenvalue weighted by Gasteiger charge is -2.30. The molecule has 138 valence electrons. The Morgan fingerprint density at radius 1 is 1.20 bits per heavy atom. The number of rotatable bonds is 6. The minimum absolute atomic E-state index is 0.467. The molecule has 1 saturated carbocycles. The predicted octanol–water partition coefficient (Wildman–Crippen LogP) is 3.47. The maximum absolute atomic E-state index is 6.10. The van der Waals surface area contributed by atoms with Gasteiger partial charge in [-0.1, -0.05) is 31.4 Å². The number of nitrogens with one attached hydrogen (secondary N) is 1. The van der Waals surface area contributed by atoms with Crippen LogP contribution in [0.2, 0.25) is 0 Å².